The summed E-state index contributed by atoms with van der Waals surface area (Å²) in [5.74, 6) is 1.04. The van der Waals surface area contributed by atoms with Gasteiger partial charge in [-0.3, -0.25) is 9.59 Å². The summed E-state index contributed by atoms with van der Waals surface area (Å²) in [5.41, 5.74) is 0. The Hall–Kier alpha value is -1.10. The molecule has 0 heterocycles. The minimum atomic E-state index is -0.333. The number of hydrogen-bond donors (Lipinski definition) is 0. The van der Waals surface area contributed by atoms with Gasteiger partial charge in [0.2, 0.25) is 0 Å². The highest BCUT2D eigenvalue weighted by Crippen LogP contribution is 2.45. The fourth-order valence-electron chi connectivity index (χ4n) is 2.87. The molecule has 0 spiro atoms. The lowest BCUT2D eigenvalue weighted by Gasteiger charge is -2.01. The predicted octanol–water partition coefficient (Wildman–Crippen LogP) is 5.66. The van der Waals surface area contributed by atoms with Crippen molar-refractivity contribution in [3.63, 3.8) is 0 Å². The molecule has 4 nitrogen and oxygen atoms in total. The van der Waals surface area contributed by atoms with Crippen LogP contribution in [0.3, 0.4) is 0 Å². The lowest BCUT2D eigenvalue weighted by molar-refractivity contribution is -0.140. The first-order valence-electron chi connectivity index (χ1n) is 9.37. The van der Waals surface area contributed by atoms with Crippen LogP contribution in [-0.4, -0.2) is 18.5 Å². The highest BCUT2D eigenvalue weighted by molar-refractivity contribution is 9.11. The summed E-state index contributed by atoms with van der Waals surface area (Å²) in [7, 11) is 0. The number of rotatable bonds is 13. The largest absolute Gasteiger partial charge is 0.460 e. The van der Waals surface area contributed by atoms with Crippen molar-refractivity contribution in [1.82, 2.24) is 0 Å². The van der Waals surface area contributed by atoms with Crippen molar-refractivity contribution < 1.29 is 19.1 Å². The fourth-order valence-corrected chi connectivity index (χ4v) is 3.13. The number of unbranched alkanes of at least 4 members (excludes halogenated alkanes) is 4. The molecule has 0 unspecified atom stereocenters. The van der Waals surface area contributed by atoms with E-state index in [4.69, 9.17) is 9.47 Å². The Morgan fingerprint density at radius 2 is 1.84 bits per heavy atom. The van der Waals surface area contributed by atoms with Crippen LogP contribution in [0.2, 0.25) is 0 Å². The van der Waals surface area contributed by atoms with Crippen LogP contribution in [0, 0.1) is 11.8 Å². The molecule has 25 heavy (non-hydrogen) atoms. The van der Waals surface area contributed by atoms with Gasteiger partial charge in [-0.2, -0.15) is 0 Å². The van der Waals surface area contributed by atoms with Gasteiger partial charge in [0.1, 0.15) is 6.61 Å². The highest BCUT2D eigenvalue weighted by Gasteiger charge is 2.35. The predicted molar refractivity (Wildman–Crippen MR) is 103 cm³/mol. The second-order valence-corrected chi connectivity index (χ2v) is 7.73. The maximum atomic E-state index is 11.7. The molecular weight excluding hydrogens is 384 g/mol. The molecule has 0 saturated heterocycles. The Labute approximate surface area is 160 Å². The molecule has 0 N–H and O–H groups in total. The van der Waals surface area contributed by atoms with Gasteiger partial charge in [-0.25, -0.2) is 0 Å². The van der Waals surface area contributed by atoms with Gasteiger partial charge in [-0.05, 0) is 36.8 Å². The van der Waals surface area contributed by atoms with Gasteiger partial charge in [-0.15, -0.1) is 0 Å². The zero-order valence-corrected chi connectivity index (χ0v) is 17.1. The van der Waals surface area contributed by atoms with Crippen molar-refractivity contribution in [2.75, 3.05) is 6.61 Å². The maximum Gasteiger partial charge on any atom is 0.310 e. The van der Waals surface area contributed by atoms with Gasteiger partial charge >= 0.3 is 11.9 Å². The third-order valence-corrected chi connectivity index (χ3v) is 4.93. The third kappa shape index (κ3) is 12.0. The number of esters is 2. The number of ether oxygens (including phenoxy) is 2. The number of hydrogen-bond acceptors (Lipinski definition) is 4. The van der Waals surface area contributed by atoms with E-state index in [1.165, 1.54) is 58.1 Å². The van der Waals surface area contributed by atoms with Gasteiger partial charge in [0.05, 0.1) is 6.26 Å². The van der Waals surface area contributed by atoms with Crippen LogP contribution in [0.1, 0.15) is 71.6 Å². The number of allylic oxidation sites excluding steroid dienone is 2. The number of carbonyl (C=O) groups excluding carboxylic acids is 2. The van der Waals surface area contributed by atoms with Crippen molar-refractivity contribution in [3.05, 3.63) is 22.9 Å². The maximum absolute atomic E-state index is 11.7. The third-order valence-electron chi connectivity index (χ3n) is 4.44. The molecule has 5 heteroatoms. The van der Waals surface area contributed by atoms with Crippen LogP contribution < -0.4 is 0 Å². The van der Waals surface area contributed by atoms with E-state index in [0.29, 0.717) is 10.9 Å². The van der Waals surface area contributed by atoms with Crippen molar-refractivity contribution in [3.8, 4) is 0 Å². The minimum absolute atomic E-state index is 0.176. The summed E-state index contributed by atoms with van der Waals surface area (Å²) in [5, 5.41) is 0. The first-order chi connectivity index (χ1) is 12.0. The van der Waals surface area contributed by atoms with E-state index in [2.05, 4.69) is 22.9 Å². The molecule has 1 aliphatic rings. The fraction of sp³-hybridized carbons (Fsp3) is 0.700. The molecule has 1 fully saturated rings. The average molecular weight is 415 g/mol. The number of carbonyl (C=O) groups is 2. The van der Waals surface area contributed by atoms with Gasteiger partial charge in [0.25, 0.3) is 0 Å². The first-order valence-corrected chi connectivity index (χ1v) is 10.2. The molecule has 0 bridgehead atoms. The summed E-state index contributed by atoms with van der Waals surface area (Å²) in [6.45, 7) is 3.77. The summed E-state index contributed by atoms with van der Waals surface area (Å²) in [6.07, 6.45) is 15.4. The molecule has 0 amide bonds. The molecule has 0 aromatic heterocycles. The smallest absolute Gasteiger partial charge is 0.310 e. The molecule has 0 radical (unpaired) electrons. The van der Waals surface area contributed by atoms with Crippen molar-refractivity contribution >= 4 is 27.9 Å². The standard InChI is InChI=1S/C20H31BrO4/c1-3-4-5-6-7-9-17-14-18(17)11-12-20(23)24-13-8-10-19(21)15-25-16(2)22/h8,10,13,17-18H,3-7,9,11-12,14-15H2,1-2H3/b13-8-,19-10-/t17-,18-/m0/s1. The van der Waals surface area contributed by atoms with E-state index >= 15 is 0 Å². The Kier molecular flexibility index (Phi) is 11.5. The monoisotopic (exact) mass is 414 g/mol. The summed E-state index contributed by atoms with van der Waals surface area (Å²) < 4.78 is 10.6. The van der Waals surface area contributed by atoms with Crippen LogP contribution in [0.4, 0.5) is 0 Å². The Morgan fingerprint density at radius 1 is 1.12 bits per heavy atom. The van der Waals surface area contributed by atoms with E-state index in [1.54, 1.807) is 12.2 Å². The Bertz CT molecular complexity index is 470. The average Bonchev–Trinajstić information content (AvgIpc) is 3.33. The number of halogens is 1. The Balaban J connectivity index is 2.03. The van der Waals surface area contributed by atoms with Crippen molar-refractivity contribution in [2.24, 2.45) is 11.8 Å². The van der Waals surface area contributed by atoms with E-state index in [9.17, 15) is 9.59 Å². The Morgan fingerprint density at radius 3 is 2.56 bits per heavy atom. The van der Waals surface area contributed by atoms with E-state index in [1.807, 2.05) is 0 Å². The molecule has 0 aromatic carbocycles. The lowest BCUT2D eigenvalue weighted by atomic mass is 10.1. The quantitative estimate of drug-likeness (QED) is 0.169. The van der Waals surface area contributed by atoms with Crippen LogP contribution in [-0.2, 0) is 19.1 Å². The normalized spacial score (nSPS) is 19.9. The molecule has 142 valence electrons. The minimum Gasteiger partial charge on any atom is -0.460 e. The van der Waals surface area contributed by atoms with Crippen molar-refractivity contribution in [1.29, 1.82) is 0 Å². The van der Waals surface area contributed by atoms with Crippen LogP contribution in [0.5, 0.6) is 0 Å². The second kappa shape index (κ2) is 13.2. The topological polar surface area (TPSA) is 52.6 Å². The van der Waals surface area contributed by atoms with E-state index in [0.717, 1.165) is 18.3 Å². The molecule has 2 atom stereocenters. The lowest BCUT2D eigenvalue weighted by Crippen LogP contribution is -2.00. The molecule has 1 saturated carbocycles. The van der Waals surface area contributed by atoms with Crippen LogP contribution >= 0.6 is 15.9 Å². The van der Waals surface area contributed by atoms with Crippen LogP contribution in [0.25, 0.3) is 0 Å². The molecule has 0 aliphatic heterocycles. The van der Waals surface area contributed by atoms with Gasteiger partial charge in [0, 0.05) is 17.8 Å². The highest BCUT2D eigenvalue weighted by atomic mass is 79.9. The zero-order valence-electron chi connectivity index (χ0n) is 15.5. The zero-order chi connectivity index (χ0) is 18.5. The first kappa shape index (κ1) is 21.9. The van der Waals surface area contributed by atoms with E-state index < -0.39 is 0 Å². The van der Waals surface area contributed by atoms with Gasteiger partial charge in [0.15, 0.2) is 0 Å². The molecule has 1 aliphatic carbocycles. The summed E-state index contributed by atoms with van der Waals surface area (Å²) >= 11 is 3.26. The van der Waals surface area contributed by atoms with E-state index in [-0.39, 0.29) is 18.5 Å². The second-order valence-electron chi connectivity index (χ2n) is 6.71. The molecular formula is C20H31BrO4. The van der Waals surface area contributed by atoms with Gasteiger partial charge in [-0.1, -0.05) is 61.4 Å². The van der Waals surface area contributed by atoms with Gasteiger partial charge < -0.3 is 9.47 Å². The molecule has 1 rings (SSSR count). The van der Waals surface area contributed by atoms with Crippen LogP contribution in [0.15, 0.2) is 22.9 Å². The summed E-state index contributed by atoms with van der Waals surface area (Å²) in [4.78, 5) is 22.4. The molecule has 0 aromatic rings. The SMILES string of the molecule is CCCCCCC[C@H]1C[C@@H]1CCC(=O)O/C=C\C=C(/Br)COC(C)=O. The van der Waals surface area contributed by atoms with Crippen molar-refractivity contribution in [2.45, 2.75) is 71.6 Å². The summed E-state index contributed by atoms with van der Waals surface area (Å²) in [6, 6.07) is 0.